The Morgan fingerprint density at radius 2 is 1.94 bits per heavy atom. The minimum absolute atomic E-state index is 0.207. The predicted molar refractivity (Wildman–Crippen MR) is 131 cm³/mol. The summed E-state index contributed by atoms with van der Waals surface area (Å²) in [6.07, 6.45) is -0.169. The predicted octanol–water partition coefficient (Wildman–Crippen LogP) is 4.03. The van der Waals surface area contributed by atoms with E-state index >= 15 is 0 Å². The minimum atomic E-state index is -0.737. The molecular weight excluding hydrogens is 456 g/mol. The largest absolute Gasteiger partial charge is 0.444 e. The van der Waals surface area contributed by atoms with Gasteiger partial charge in [-0.05, 0) is 56.7 Å². The SMILES string of the molecule is CC(C)(C)OC(=O)NCCN1C(=O)C(NC(=O)c2cc3cc(Cl)ccc3[nH]2)Cc2ccccc21. The van der Waals surface area contributed by atoms with Crippen molar-refractivity contribution in [3.05, 3.63) is 64.8 Å². The molecule has 1 aromatic heterocycles. The van der Waals surface area contributed by atoms with Gasteiger partial charge in [-0.25, -0.2) is 4.79 Å². The second kappa shape index (κ2) is 9.38. The fourth-order valence-electron chi connectivity index (χ4n) is 3.95. The minimum Gasteiger partial charge on any atom is -0.444 e. The first-order valence-electron chi connectivity index (χ1n) is 11.1. The molecule has 9 heteroatoms. The summed E-state index contributed by atoms with van der Waals surface area (Å²) in [7, 11) is 0. The van der Waals surface area contributed by atoms with E-state index in [-0.39, 0.29) is 24.9 Å². The number of alkyl carbamates (subject to hydrolysis) is 1. The number of fused-ring (bicyclic) bond motifs is 2. The number of rotatable bonds is 5. The van der Waals surface area contributed by atoms with Crippen LogP contribution in [0.1, 0.15) is 36.8 Å². The lowest BCUT2D eigenvalue weighted by Gasteiger charge is -2.34. The highest BCUT2D eigenvalue weighted by Gasteiger charge is 2.34. The van der Waals surface area contributed by atoms with Crippen LogP contribution < -0.4 is 15.5 Å². The van der Waals surface area contributed by atoms with Crippen molar-refractivity contribution in [1.29, 1.82) is 0 Å². The number of ether oxygens (including phenoxy) is 1. The monoisotopic (exact) mass is 482 g/mol. The normalized spacial score (nSPS) is 15.7. The van der Waals surface area contributed by atoms with Gasteiger partial charge in [-0.15, -0.1) is 0 Å². The molecule has 1 atom stereocenters. The molecule has 0 radical (unpaired) electrons. The Balaban J connectivity index is 1.47. The van der Waals surface area contributed by atoms with Crippen molar-refractivity contribution >= 4 is 46.1 Å². The van der Waals surface area contributed by atoms with E-state index in [0.717, 1.165) is 22.2 Å². The maximum atomic E-state index is 13.3. The molecule has 0 aliphatic carbocycles. The standard InChI is InChI=1S/C25H27ClN4O4/c1-25(2,3)34-24(33)27-10-11-30-21-7-5-4-6-15(21)13-20(23(30)32)29-22(31)19-14-16-12-17(26)8-9-18(16)28-19/h4-9,12,14,20,28H,10-11,13H2,1-3H3,(H,27,33)(H,29,31). The Morgan fingerprint density at radius 1 is 1.18 bits per heavy atom. The summed E-state index contributed by atoms with van der Waals surface area (Å²) in [6.45, 7) is 5.80. The molecule has 178 valence electrons. The molecule has 0 saturated carbocycles. The van der Waals surface area contributed by atoms with E-state index in [2.05, 4.69) is 15.6 Å². The van der Waals surface area contributed by atoms with Gasteiger partial charge in [-0.2, -0.15) is 0 Å². The maximum absolute atomic E-state index is 13.3. The molecular formula is C25H27ClN4O4. The molecule has 8 nitrogen and oxygen atoms in total. The van der Waals surface area contributed by atoms with Gasteiger partial charge >= 0.3 is 6.09 Å². The molecule has 1 aliphatic rings. The summed E-state index contributed by atoms with van der Waals surface area (Å²) in [6, 6.07) is 13.8. The number of hydrogen-bond acceptors (Lipinski definition) is 4. The van der Waals surface area contributed by atoms with E-state index in [1.54, 1.807) is 49.9 Å². The van der Waals surface area contributed by atoms with Gasteiger partial charge in [0.2, 0.25) is 5.91 Å². The summed E-state index contributed by atoms with van der Waals surface area (Å²) in [4.78, 5) is 42.9. The van der Waals surface area contributed by atoms with E-state index < -0.39 is 17.7 Å². The third-order valence-electron chi connectivity index (χ3n) is 5.41. The summed E-state index contributed by atoms with van der Waals surface area (Å²) in [5.74, 6) is -0.617. The molecule has 0 bridgehead atoms. The zero-order chi connectivity index (χ0) is 24.5. The average molecular weight is 483 g/mol. The lowest BCUT2D eigenvalue weighted by Crippen LogP contribution is -2.54. The number of hydrogen-bond donors (Lipinski definition) is 3. The number of nitrogens with zero attached hydrogens (tertiary/aromatic N) is 1. The van der Waals surface area contributed by atoms with Gasteiger partial charge in [-0.1, -0.05) is 29.8 Å². The highest BCUT2D eigenvalue weighted by Crippen LogP contribution is 2.28. The molecule has 0 spiro atoms. The molecule has 1 aliphatic heterocycles. The Labute approximate surface area is 202 Å². The number of halogens is 1. The smallest absolute Gasteiger partial charge is 0.407 e. The van der Waals surface area contributed by atoms with Gasteiger partial charge in [0, 0.05) is 41.1 Å². The number of anilines is 1. The van der Waals surface area contributed by atoms with E-state index in [4.69, 9.17) is 16.3 Å². The number of benzene rings is 2. The van der Waals surface area contributed by atoms with Crippen LogP contribution in [0.15, 0.2) is 48.5 Å². The molecule has 0 fully saturated rings. The van der Waals surface area contributed by atoms with Crippen molar-refractivity contribution in [2.45, 2.75) is 38.8 Å². The van der Waals surface area contributed by atoms with Crippen LogP contribution >= 0.6 is 11.6 Å². The van der Waals surface area contributed by atoms with E-state index in [0.29, 0.717) is 17.1 Å². The number of amides is 3. The summed E-state index contributed by atoms with van der Waals surface area (Å²) < 4.78 is 5.26. The van der Waals surface area contributed by atoms with Crippen LogP contribution in [0.25, 0.3) is 10.9 Å². The van der Waals surface area contributed by atoms with Crippen LogP contribution in [-0.4, -0.2) is 47.6 Å². The molecule has 2 heterocycles. The lowest BCUT2D eigenvalue weighted by molar-refractivity contribution is -0.120. The van der Waals surface area contributed by atoms with Gasteiger partial charge in [0.1, 0.15) is 17.3 Å². The van der Waals surface area contributed by atoms with Crippen LogP contribution in [0.2, 0.25) is 5.02 Å². The first-order valence-corrected chi connectivity index (χ1v) is 11.4. The van der Waals surface area contributed by atoms with Crippen LogP contribution in [0.3, 0.4) is 0 Å². The molecule has 3 amide bonds. The third kappa shape index (κ3) is 5.34. The highest BCUT2D eigenvalue weighted by atomic mass is 35.5. The van der Waals surface area contributed by atoms with Crippen LogP contribution in [0.4, 0.5) is 10.5 Å². The highest BCUT2D eigenvalue weighted by molar-refractivity contribution is 6.31. The Hall–Kier alpha value is -3.52. The number of nitrogens with one attached hydrogen (secondary N) is 3. The molecule has 0 saturated heterocycles. The van der Waals surface area contributed by atoms with Crippen molar-refractivity contribution in [2.24, 2.45) is 0 Å². The summed E-state index contributed by atoms with van der Waals surface area (Å²) in [5.41, 5.74) is 2.23. The van der Waals surface area contributed by atoms with Crippen LogP contribution in [0.5, 0.6) is 0 Å². The number of carbonyl (C=O) groups excluding carboxylic acids is 3. The molecule has 2 aromatic carbocycles. The van der Waals surface area contributed by atoms with Crippen molar-refractivity contribution in [3.63, 3.8) is 0 Å². The van der Waals surface area contributed by atoms with Crippen LogP contribution in [0, 0.1) is 0 Å². The van der Waals surface area contributed by atoms with Gasteiger partial charge in [-0.3, -0.25) is 9.59 Å². The second-order valence-corrected chi connectivity index (χ2v) is 9.63. The van der Waals surface area contributed by atoms with E-state index in [9.17, 15) is 14.4 Å². The summed E-state index contributed by atoms with van der Waals surface area (Å²) in [5, 5.41) is 6.93. The summed E-state index contributed by atoms with van der Waals surface area (Å²) >= 11 is 6.04. The zero-order valence-electron chi connectivity index (χ0n) is 19.3. The number of H-pyrrole nitrogens is 1. The van der Waals surface area contributed by atoms with Crippen molar-refractivity contribution in [1.82, 2.24) is 15.6 Å². The average Bonchev–Trinajstić information content (AvgIpc) is 3.18. The number of aromatic amines is 1. The fourth-order valence-corrected chi connectivity index (χ4v) is 4.13. The molecule has 34 heavy (non-hydrogen) atoms. The Kier molecular flexibility index (Phi) is 6.52. The fraction of sp³-hybridized carbons (Fsp3) is 0.320. The van der Waals surface area contributed by atoms with Crippen molar-refractivity contribution in [3.8, 4) is 0 Å². The number of carbonyl (C=O) groups is 3. The van der Waals surface area contributed by atoms with Gasteiger partial charge in [0.25, 0.3) is 5.91 Å². The Morgan fingerprint density at radius 3 is 2.71 bits per heavy atom. The zero-order valence-corrected chi connectivity index (χ0v) is 20.0. The third-order valence-corrected chi connectivity index (χ3v) is 5.64. The quantitative estimate of drug-likeness (QED) is 0.510. The lowest BCUT2D eigenvalue weighted by atomic mass is 9.97. The van der Waals surface area contributed by atoms with Gasteiger partial charge in [0.15, 0.2) is 0 Å². The van der Waals surface area contributed by atoms with Gasteiger partial charge < -0.3 is 25.3 Å². The topological polar surface area (TPSA) is 104 Å². The van der Waals surface area contributed by atoms with Gasteiger partial charge in [0.05, 0.1) is 0 Å². The molecule has 3 N–H and O–H groups in total. The van der Waals surface area contributed by atoms with Crippen molar-refractivity contribution in [2.75, 3.05) is 18.0 Å². The van der Waals surface area contributed by atoms with E-state index in [1.165, 1.54) is 0 Å². The first-order chi connectivity index (χ1) is 16.1. The molecule has 1 unspecified atom stereocenters. The number of para-hydroxylation sites is 1. The first kappa shape index (κ1) is 23.6. The molecule has 3 aromatic rings. The van der Waals surface area contributed by atoms with Crippen LogP contribution in [-0.2, 0) is 16.0 Å². The number of aromatic nitrogens is 1. The molecule has 4 rings (SSSR count). The van der Waals surface area contributed by atoms with Crippen molar-refractivity contribution < 1.29 is 19.1 Å². The van der Waals surface area contributed by atoms with E-state index in [1.807, 2.05) is 24.3 Å². The maximum Gasteiger partial charge on any atom is 0.407 e. The second-order valence-electron chi connectivity index (χ2n) is 9.19. The Bertz CT molecular complexity index is 1250.